The van der Waals surface area contributed by atoms with Gasteiger partial charge in [0.05, 0.1) is 17.2 Å². The van der Waals surface area contributed by atoms with Crippen molar-refractivity contribution in [3.05, 3.63) is 39.4 Å². The molecule has 2 heterocycles. The second kappa shape index (κ2) is 7.42. The molecule has 1 saturated carbocycles. The van der Waals surface area contributed by atoms with Gasteiger partial charge in [0.1, 0.15) is 6.54 Å². The average molecular weight is 433 g/mol. The molecule has 0 spiro atoms. The highest BCUT2D eigenvalue weighted by atomic mass is 79.9. The lowest BCUT2D eigenvalue weighted by Crippen LogP contribution is -2.53. The second-order valence-electron chi connectivity index (χ2n) is 7.17. The van der Waals surface area contributed by atoms with Crippen molar-refractivity contribution in [2.24, 2.45) is 5.92 Å². The van der Waals surface area contributed by atoms with Crippen LogP contribution in [0, 0.1) is 5.92 Å². The molecule has 2 aliphatic rings. The van der Waals surface area contributed by atoms with E-state index in [4.69, 9.17) is 0 Å². The summed E-state index contributed by atoms with van der Waals surface area (Å²) >= 11 is 3.36. The van der Waals surface area contributed by atoms with Crippen LogP contribution in [0.4, 0.5) is 0 Å². The van der Waals surface area contributed by atoms with E-state index in [9.17, 15) is 14.4 Å². The first-order valence-electron chi connectivity index (χ1n) is 9.24. The highest BCUT2D eigenvalue weighted by Gasteiger charge is 2.32. The fraction of sp³-hybridized carbons (Fsp3) is 0.474. The van der Waals surface area contributed by atoms with Crippen LogP contribution in [0.5, 0.6) is 0 Å². The van der Waals surface area contributed by atoms with Crippen molar-refractivity contribution in [2.45, 2.75) is 25.8 Å². The van der Waals surface area contributed by atoms with Crippen LogP contribution >= 0.6 is 15.9 Å². The Morgan fingerprint density at radius 1 is 1.11 bits per heavy atom. The summed E-state index contributed by atoms with van der Waals surface area (Å²) in [5.41, 5.74) is 0.378. The molecule has 0 atom stereocenters. The van der Waals surface area contributed by atoms with Gasteiger partial charge in [0.2, 0.25) is 11.8 Å². The molecule has 0 unspecified atom stereocenters. The third-order valence-electron chi connectivity index (χ3n) is 5.49. The number of rotatable bonds is 3. The molecule has 2 aromatic rings. The summed E-state index contributed by atoms with van der Waals surface area (Å²) in [7, 11) is 0. The zero-order valence-corrected chi connectivity index (χ0v) is 16.5. The Labute approximate surface area is 165 Å². The van der Waals surface area contributed by atoms with Gasteiger partial charge in [-0.15, -0.1) is 0 Å². The molecule has 27 heavy (non-hydrogen) atoms. The van der Waals surface area contributed by atoms with Crippen molar-refractivity contribution < 1.29 is 9.59 Å². The van der Waals surface area contributed by atoms with E-state index < -0.39 is 0 Å². The Morgan fingerprint density at radius 3 is 2.48 bits per heavy atom. The van der Waals surface area contributed by atoms with Crippen molar-refractivity contribution in [3.63, 3.8) is 0 Å². The number of hydrogen-bond acceptors (Lipinski definition) is 4. The molecular weight excluding hydrogens is 412 g/mol. The molecule has 1 aliphatic heterocycles. The zero-order valence-electron chi connectivity index (χ0n) is 14.9. The fourth-order valence-electron chi connectivity index (χ4n) is 3.58. The Hall–Kier alpha value is -2.22. The zero-order chi connectivity index (χ0) is 19.0. The van der Waals surface area contributed by atoms with Gasteiger partial charge in [-0.2, -0.15) is 0 Å². The van der Waals surface area contributed by atoms with E-state index in [-0.39, 0.29) is 29.8 Å². The van der Waals surface area contributed by atoms with E-state index in [2.05, 4.69) is 20.9 Å². The molecule has 0 bridgehead atoms. The SMILES string of the molecule is O=C(Cn1cnc2ccc(Br)cc2c1=O)N1CCN(C(=O)C2CCC2)CC1. The van der Waals surface area contributed by atoms with Gasteiger partial charge in [-0.3, -0.25) is 19.0 Å². The van der Waals surface area contributed by atoms with Crippen molar-refractivity contribution in [2.75, 3.05) is 26.2 Å². The molecule has 4 rings (SSSR count). The predicted molar refractivity (Wildman–Crippen MR) is 104 cm³/mol. The van der Waals surface area contributed by atoms with E-state index >= 15 is 0 Å². The van der Waals surface area contributed by atoms with Gasteiger partial charge in [0, 0.05) is 36.6 Å². The largest absolute Gasteiger partial charge is 0.339 e. The topological polar surface area (TPSA) is 75.5 Å². The molecule has 1 aromatic heterocycles. The standard InChI is InChI=1S/C19H21BrN4O3/c20-14-4-5-16-15(10-14)19(27)24(12-21-16)11-17(25)22-6-8-23(9-7-22)18(26)13-2-1-3-13/h4-5,10,12-13H,1-3,6-9,11H2. The molecule has 2 fully saturated rings. The van der Waals surface area contributed by atoms with Crippen molar-refractivity contribution in [3.8, 4) is 0 Å². The number of amides is 2. The number of carbonyl (C=O) groups is 2. The van der Waals surface area contributed by atoms with Crippen LogP contribution in [-0.4, -0.2) is 57.3 Å². The molecule has 2 amide bonds. The summed E-state index contributed by atoms with van der Waals surface area (Å²) in [6, 6.07) is 5.32. The summed E-state index contributed by atoms with van der Waals surface area (Å²) in [6.45, 7) is 2.12. The van der Waals surface area contributed by atoms with E-state index in [0.29, 0.717) is 37.1 Å². The number of piperazine rings is 1. The number of benzene rings is 1. The van der Waals surface area contributed by atoms with Crippen LogP contribution < -0.4 is 5.56 Å². The van der Waals surface area contributed by atoms with Crippen LogP contribution in [-0.2, 0) is 16.1 Å². The third-order valence-corrected chi connectivity index (χ3v) is 5.98. The Balaban J connectivity index is 1.41. The van der Waals surface area contributed by atoms with Gasteiger partial charge < -0.3 is 9.80 Å². The molecule has 8 heteroatoms. The monoisotopic (exact) mass is 432 g/mol. The predicted octanol–water partition coefficient (Wildman–Crippen LogP) is 1.63. The smallest absolute Gasteiger partial charge is 0.261 e. The van der Waals surface area contributed by atoms with Gasteiger partial charge in [0.15, 0.2) is 0 Å². The molecule has 7 nitrogen and oxygen atoms in total. The van der Waals surface area contributed by atoms with E-state index in [1.807, 2.05) is 11.0 Å². The highest BCUT2D eigenvalue weighted by Crippen LogP contribution is 2.28. The third kappa shape index (κ3) is 3.63. The summed E-state index contributed by atoms with van der Waals surface area (Å²) in [6.07, 6.45) is 4.55. The van der Waals surface area contributed by atoms with Crippen molar-refractivity contribution in [1.82, 2.24) is 19.4 Å². The maximum atomic E-state index is 12.6. The minimum absolute atomic E-state index is 0.0368. The molecule has 142 valence electrons. The molecule has 1 aromatic carbocycles. The minimum Gasteiger partial charge on any atom is -0.339 e. The van der Waals surface area contributed by atoms with Crippen LogP contribution in [0.2, 0.25) is 0 Å². The molecular formula is C19H21BrN4O3. The fourth-order valence-corrected chi connectivity index (χ4v) is 3.94. The van der Waals surface area contributed by atoms with Gasteiger partial charge in [-0.25, -0.2) is 4.98 Å². The highest BCUT2D eigenvalue weighted by molar-refractivity contribution is 9.10. The first-order chi connectivity index (χ1) is 13.0. The lowest BCUT2D eigenvalue weighted by Gasteiger charge is -2.38. The first-order valence-corrected chi connectivity index (χ1v) is 10.0. The number of halogens is 1. The maximum Gasteiger partial charge on any atom is 0.261 e. The van der Waals surface area contributed by atoms with Gasteiger partial charge in [0.25, 0.3) is 5.56 Å². The van der Waals surface area contributed by atoms with Crippen LogP contribution in [0.3, 0.4) is 0 Å². The summed E-state index contributed by atoms with van der Waals surface area (Å²) in [5.74, 6) is 0.298. The number of nitrogens with zero attached hydrogens (tertiary/aromatic N) is 4. The molecule has 0 N–H and O–H groups in total. The normalized spacial score (nSPS) is 17.8. The van der Waals surface area contributed by atoms with Gasteiger partial charge >= 0.3 is 0 Å². The Kier molecular flexibility index (Phi) is 4.99. The van der Waals surface area contributed by atoms with Gasteiger partial charge in [-0.1, -0.05) is 22.4 Å². The van der Waals surface area contributed by atoms with Crippen LogP contribution in [0.15, 0.2) is 33.8 Å². The average Bonchev–Trinajstić information content (AvgIpc) is 2.63. The number of aromatic nitrogens is 2. The first kappa shape index (κ1) is 18.2. The van der Waals surface area contributed by atoms with Crippen LogP contribution in [0.1, 0.15) is 19.3 Å². The van der Waals surface area contributed by atoms with Crippen LogP contribution in [0.25, 0.3) is 10.9 Å². The van der Waals surface area contributed by atoms with E-state index in [1.54, 1.807) is 17.0 Å². The summed E-state index contributed by atoms with van der Waals surface area (Å²) < 4.78 is 2.15. The quantitative estimate of drug-likeness (QED) is 0.738. The van der Waals surface area contributed by atoms with Gasteiger partial charge in [-0.05, 0) is 31.0 Å². The lowest BCUT2D eigenvalue weighted by atomic mass is 9.84. The number of hydrogen-bond donors (Lipinski definition) is 0. The summed E-state index contributed by atoms with van der Waals surface area (Å²) in [4.78, 5) is 45.4. The molecule has 0 radical (unpaired) electrons. The minimum atomic E-state index is -0.228. The number of carbonyl (C=O) groups excluding carboxylic acids is 2. The molecule has 1 saturated heterocycles. The summed E-state index contributed by atoms with van der Waals surface area (Å²) in [5, 5.41) is 0.482. The van der Waals surface area contributed by atoms with E-state index in [0.717, 1.165) is 23.7 Å². The van der Waals surface area contributed by atoms with E-state index in [1.165, 1.54) is 10.9 Å². The maximum absolute atomic E-state index is 12.6. The second-order valence-corrected chi connectivity index (χ2v) is 8.09. The number of fused-ring (bicyclic) bond motifs is 1. The van der Waals surface area contributed by atoms with Crippen molar-refractivity contribution in [1.29, 1.82) is 0 Å². The Morgan fingerprint density at radius 2 is 1.81 bits per heavy atom. The van der Waals surface area contributed by atoms with Crippen molar-refractivity contribution >= 4 is 38.6 Å². The molecule has 1 aliphatic carbocycles. The lowest BCUT2D eigenvalue weighted by molar-refractivity contribution is -0.144. The Bertz CT molecular complexity index is 946.